The van der Waals surface area contributed by atoms with Crippen LogP contribution in [0.25, 0.3) is 0 Å². The van der Waals surface area contributed by atoms with Crippen molar-refractivity contribution in [1.29, 1.82) is 0 Å². The van der Waals surface area contributed by atoms with Gasteiger partial charge in [0.25, 0.3) is 0 Å². The highest BCUT2D eigenvalue weighted by atomic mass is 79.9. The van der Waals surface area contributed by atoms with Crippen molar-refractivity contribution in [1.82, 2.24) is 10.6 Å². The summed E-state index contributed by atoms with van der Waals surface area (Å²) < 4.78 is 1.46. The number of halogens is 2. The standard InChI is InChI=1S/C26H30Br2N2O4/c27-23-11-3-1-9-21(23)25(33)17-19(7-5-15-31)29-13-14-30-20(8-6-16-32)18-26(34)22-10-2-4-12-24(22)28/h1-4,9-12,17-18,29-32H,5-8,13-16H2/b19-17-,20-18-. The zero-order chi connectivity index (χ0) is 24.8. The van der Waals surface area contributed by atoms with Crippen molar-refractivity contribution in [3.8, 4) is 0 Å². The first-order valence-electron chi connectivity index (χ1n) is 11.1. The molecule has 0 aliphatic heterocycles. The first-order chi connectivity index (χ1) is 16.5. The van der Waals surface area contributed by atoms with Crippen LogP contribution in [0.2, 0.25) is 0 Å². The molecule has 0 saturated heterocycles. The Kier molecular flexibility index (Phi) is 12.8. The van der Waals surface area contributed by atoms with Gasteiger partial charge in [0.15, 0.2) is 11.6 Å². The molecule has 0 bridgehead atoms. The minimum Gasteiger partial charge on any atom is -0.396 e. The van der Waals surface area contributed by atoms with E-state index >= 15 is 0 Å². The van der Waals surface area contributed by atoms with E-state index in [1.165, 1.54) is 0 Å². The van der Waals surface area contributed by atoms with Crippen LogP contribution in [0.4, 0.5) is 0 Å². The number of aliphatic hydroxyl groups is 2. The highest BCUT2D eigenvalue weighted by Crippen LogP contribution is 2.19. The fraction of sp³-hybridized carbons (Fsp3) is 0.308. The molecule has 4 N–H and O–H groups in total. The van der Waals surface area contributed by atoms with Crippen molar-refractivity contribution in [2.45, 2.75) is 25.7 Å². The molecule has 0 aromatic heterocycles. The summed E-state index contributed by atoms with van der Waals surface area (Å²) in [5.74, 6) is -0.244. The van der Waals surface area contributed by atoms with Gasteiger partial charge in [0.2, 0.25) is 0 Å². The van der Waals surface area contributed by atoms with E-state index in [1.807, 2.05) is 36.4 Å². The Balaban J connectivity index is 2.01. The van der Waals surface area contributed by atoms with E-state index in [0.717, 1.165) is 20.3 Å². The molecule has 6 nitrogen and oxygen atoms in total. The maximum absolute atomic E-state index is 12.7. The van der Waals surface area contributed by atoms with Gasteiger partial charge in [-0.2, -0.15) is 0 Å². The van der Waals surface area contributed by atoms with Gasteiger partial charge in [-0.3, -0.25) is 9.59 Å². The lowest BCUT2D eigenvalue weighted by atomic mass is 10.1. The van der Waals surface area contributed by atoms with Crippen molar-refractivity contribution in [2.75, 3.05) is 26.3 Å². The Hall–Kier alpha value is -2.26. The van der Waals surface area contributed by atoms with E-state index in [1.54, 1.807) is 24.3 Å². The summed E-state index contributed by atoms with van der Waals surface area (Å²) in [6.07, 6.45) is 5.29. The number of carbonyl (C=O) groups excluding carboxylic acids is 2. The summed E-state index contributed by atoms with van der Waals surface area (Å²) in [5.41, 5.74) is 2.62. The second-order valence-corrected chi connectivity index (χ2v) is 9.24. The maximum Gasteiger partial charge on any atom is 0.188 e. The van der Waals surface area contributed by atoms with Gasteiger partial charge in [-0.25, -0.2) is 0 Å². The predicted molar refractivity (Wildman–Crippen MR) is 142 cm³/mol. The van der Waals surface area contributed by atoms with Crippen LogP contribution >= 0.6 is 31.9 Å². The third-order valence-electron chi connectivity index (χ3n) is 4.93. The number of ketones is 2. The number of hydrogen-bond donors (Lipinski definition) is 4. The van der Waals surface area contributed by atoms with E-state index in [4.69, 9.17) is 0 Å². The van der Waals surface area contributed by atoms with Crippen LogP contribution in [-0.4, -0.2) is 48.1 Å². The van der Waals surface area contributed by atoms with Gasteiger partial charge in [0.05, 0.1) is 0 Å². The summed E-state index contributed by atoms with van der Waals surface area (Å²) in [6.45, 7) is 1.10. The van der Waals surface area contributed by atoms with Gasteiger partial charge in [-0.05, 0) is 49.9 Å². The van der Waals surface area contributed by atoms with Crippen molar-refractivity contribution >= 4 is 43.4 Å². The molecule has 0 aliphatic rings. The molecule has 0 unspecified atom stereocenters. The maximum atomic E-state index is 12.7. The number of nitrogens with one attached hydrogen (secondary N) is 2. The highest BCUT2D eigenvalue weighted by molar-refractivity contribution is 9.10. The predicted octanol–water partition coefficient (Wildman–Crippen LogP) is 4.77. The third kappa shape index (κ3) is 9.54. The molecule has 0 amide bonds. The lowest BCUT2D eigenvalue weighted by Gasteiger charge is -2.14. The zero-order valence-corrected chi connectivity index (χ0v) is 22.1. The van der Waals surface area contributed by atoms with Crippen molar-refractivity contribution in [3.63, 3.8) is 0 Å². The highest BCUT2D eigenvalue weighted by Gasteiger charge is 2.10. The van der Waals surface area contributed by atoms with E-state index < -0.39 is 0 Å². The van der Waals surface area contributed by atoms with Gasteiger partial charge in [-0.1, -0.05) is 56.1 Å². The smallest absolute Gasteiger partial charge is 0.188 e. The summed E-state index contributed by atoms with van der Waals surface area (Å²) in [5, 5.41) is 24.9. The van der Waals surface area contributed by atoms with Crippen molar-refractivity contribution < 1.29 is 19.8 Å². The van der Waals surface area contributed by atoms with Crippen LogP contribution in [-0.2, 0) is 0 Å². The fourth-order valence-corrected chi connectivity index (χ4v) is 4.16. The number of allylic oxidation sites excluding steroid dienone is 4. The van der Waals surface area contributed by atoms with Crippen LogP contribution in [0.5, 0.6) is 0 Å². The summed E-state index contributed by atoms with van der Waals surface area (Å²) >= 11 is 6.81. The van der Waals surface area contributed by atoms with Crippen LogP contribution in [0, 0.1) is 0 Å². The Morgan fingerprint density at radius 1 is 0.706 bits per heavy atom. The minimum atomic E-state index is -0.122. The Labute approximate surface area is 217 Å². The van der Waals surface area contributed by atoms with Crippen LogP contribution in [0.15, 0.2) is 81.0 Å². The average Bonchev–Trinajstić information content (AvgIpc) is 2.83. The monoisotopic (exact) mass is 592 g/mol. The van der Waals surface area contributed by atoms with E-state index in [0.29, 0.717) is 49.9 Å². The van der Waals surface area contributed by atoms with E-state index in [-0.39, 0.29) is 24.8 Å². The molecule has 2 aromatic carbocycles. The lowest BCUT2D eigenvalue weighted by Crippen LogP contribution is -2.27. The van der Waals surface area contributed by atoms with Crippen LogP contribution in [0.1, 0.15) is 46.4 Å². The molecular weight excluding hydrogens is 564 g/mol. The first kappa shape index (κ1) is 28.0. The van der Waals surface area contributed by atoms with Gasteiger partial charge in [-0.15, -0.1) is 0 Å². The molecule has 2 aromatic rings. The average molecular weight is 594 g/mol. The normalized spacial score (nSPS) is 11.9. The van der Waals surface area contributed by atoms with Gasteiger partial charge >= 0.3 is 0 Å². The molecule has 0 heterocycles. The molecule has 0 fully saturated rings. The minimum absolute atomic E-state index is 0.0334. The van der Waals surface area contributed by atoms with Crippen molar-refractivity contribution in [2.24, 2.45) is 0 Å². The largest absolute Gasteiger partial charge is 0.396 e. The third-order valence-corrected chi connectivity index (χ3v) is 6.31. The number of hydrogen-bond acceptors (Lipinski definition) is 6. The molecule has 0 spiro atoms. The molecule has 34 heavy (non-hydrogen) atoms. The summed E-state index contributed by atoms with van der Waals surface area (Å²) in [4.78, 5) is 25.4. The summed E-state index contributed by atoms with van der Waals surface area (Å²) in [7, 11) is 0. The number of rotatable bonds is 15. The molecule has 0 radical (unpaired) electrons. The Bertz CT molecular complexity index is 940. The molecule has 0 atom stereocenters. The number of aliphatic hydroxyl groups excluding tert-OH is 2. The van der Waals surface area contributed by atoms with E-state index in [2.05, 4.69) is 42.5 Å². The van der Waals surface area contributed by atoms with Crippen LogP contribution < -0.4 is 10.6 Å². The van der Waals surface area contributed by atoms with Crippen molar-refractivity contribution in [3.05, 3.63) is 92.1 Å². The van der Waals surface area contributed by atoms with E-state index in [9.17, 15) is 19.8 Å². The number of carbonyl (C=O) groups is 2. The second kappa shape index (κ2) is 15.6. The first-order valence-corrected chi connectivity index (χ1v) is 12.7. The Morgan fingerprint density at radius 2 is 1.09 bits per heavy atom. The molecule has 0 saturated carbocycles. The quantitative estimate of drug-likeness (QED) is 0.135. The second-order valence-electron chi connectivity index (χ2n) is 7.54. The molecule has 0 aliphatic carbocycles. The molecule has 182 valence electrons. The van der Waals surface area contributed by atoms with Gasteiger partial charge in [0.1, 0.15) is 0 Å². The molecule has 2 rings (SSSR count). The SMILES string of the molecule is O=C(/C=C(/CCCO)NCCN/C(=C\C(=O)c1ccccc1Br)CCCO)c1ccccc1Br. The van der Waals surface area contributed by atoms with Gasteiger partial charge in [0, 0.05) is 69.9 Å². The van der Waals surface area contributed by atoms with Gasteiger partial charge < -0.3 is 20.8 Å². The summed E-state index contributed by atoms with van der Waals surface area (Å²) in [6, 6.07) is 14.5. The lowest BCUT2D eigenvalue weighted by molar-refractivity contribution is 0.103. The zero-order valence-electron chi connectivity index (χ0n) is 18.9. The molecule has 8 heteroatoms. The fourth-order valence-electron chi connectivity index (χ4n) is 3.20. The van der Waals surface area contributed by atoms with Crippen LogP contribution in [0.3, 0.4) is 0 Å². The Morgan fingerprint density at radius 3 is 1.44 bits per heavy atom. The topological polar surface area (TPSA) is 98.7 Å². The molecular formula is C26H30Br2N2O4. The number of benzene rings is 2.